The molecule has 34 heavy (non-hydrogen) atoms. The fraction of sp³-hybridized carbons (Fsp3) is 0.0870. The summed E-state index contributed by atoms with van der Waals surface area (Å²) in [6.07, 6.45) is 3.35. The molecule has 0 unspecified atom stereocenters. The number of hydrazine groups is 1. The van der Waals surface area contributed by atoms with Crippen LogP contribution in [-0.4, -0.2) is 44.4 Å². The number of pyridine rings is 1. The number of thioether (sulfide) groups is 1. The molecular weight excluding hydrogens is 476 g/mol. The number of ether oxygens (including phenoxy) is 1. The molecule has 0 aliphatic rings. The standard InChI is InChI=1S/C23H19ClN6O3S/c1-33-19-9-7-15(8-10-19)22(32)28-26-20(31)14-34-23-29-27-21(16-4-3-11-25-13-16)30(23)18-6-2-5-17(24)12-18/h2-13H,14H2,1H3,(H,26,31)(H,28,32). The smallest absolute Gasteiger partial charge is 0.269 e. The molecule has 9 nitrogen and oxygen atoms in total. The summed E-state index contributed by atoms with van der Waals surface area (Å²) in [4.78, 5) is 28.8. The van der Waals surface area contributed by atoms with E-state index in [4.69, 9.17) is 16.3 Å². The maximum atomic E-state index is 12.4. The number of benzene rings is 2. The molecule has 0 radical (unpaired) electrons. The Bertz CT molecular complexity index is 1300. The minimum absolute atomic E-state index is 0.00533. The second-order valence-corrected chi connectivity index (χ2v) is 8.26. The van der Waals surface area contributed by atoms with Gasteiger partial charge in [-0.05, 0) is 54.6 Å². The third-order valence-electron chi connectivity index (χ3n) is 4.62. The minimum atomic E-state index is -0.443. The lowest BCUT2D eigenvalue weighted by Crippen LogP contribution is -2.42. The Kier molecular flexibility index (Phi) is 7.41. The third-order valence-corrected chi connectivity index (χ3v) is 5.78. The van der Waals surface area contributed by atoms with Crippen molar-refractivity contribution < 1.29 is 14.3 Å². The first-order chi connectivity index (χ1) is 16.5. The van der Waals surface area contributed by atoms with E-state index in [1.54, 1.807) is 66.5 Å². The lowest BCUT2D eigenvalue weighted by atomic mass is 10.2. The van der Waals surface area contributed by atoms with Gasteiger partial charge in [-0.15, -0.1) is 10.2 Å². The number of carbonyl (C=O) groups excluding carboxylic acids is 2. The van der Waals surface area contributed by atoms with E-state index < -0.39 is 11.8 Å². The van der Waals surface area contributed by atoms with Crippen LogP contribution in [0.1, 0.15) is 10.4 Å². The van der Waals surface area contributed by atoms with Crippen LogP contribution in [0, 0.1) is 0 Å². The van der Waals surface area contributed by atoms with Gasteiger partial charge in [0.2, 0.25) is 5.91 Å². The molecule has 0 atom stereocenters. The van der Waals surface area contributed by atoms with Crippen LogP contribution >= 0.6 is 23.4 Å². The molecule has 0 aliphatic carbocycles. The largest absolute Gasteiger partial charge is 0.497 e. The number of nitrogens with zero attached hydrogens (tertiary/aromatic N) is 4. The number of aromatic nitrogens is 4. The van der Waals surface area contributed by atoms with Crippen molar-refractivity contribution in [3.63, 3.8) is 0 Å². The van der Waals surface area contributed by atoms with Gasteiger partial charge >= 0.3 is 0 Å². The first kappa shape index (κ1) is 23.3. The third kappa shape index (κ3) is 5.53. The number of nitrogens with one attached hydrogen (secondary N) is 2. The molecular formula is C23H19ClN6O3S. The quantitative estimate of drug-likeness (QED) is 0.298. The van der Waals surface area contributed by atoms with E-state index >= 15 is 0 Å². The highest BCUT2D eigenvalue weighted by Crippen LogP contribution is 2.28. The fourth-order valence-electron chi connectivity index (χ4n) is 3.00. The maximum absolute atomic E-state index is 12.4. The van der Waals surface area contributed by atoms with Gasteiger partial charge in [-0.1, -0.05) is 29.4 Å². The molecule has 2 amide bonds. The van der Waals surface area contributed by atoms with Crippen LogP contribution in [0.4, 0.5) is 0 Å². The van der Waals surface area contributed by atoms with Gasteiger partial charge in [0.25, 0.3) is 5.91 Å². The number of methoxy groups -OCH3 is 1. The molecule has 172 valence electrons. The molecule has 0 spiro atoms. The Balaban J connectivity index is 1.45. The van der Waals surface area contributed by atoms with Crippen molar-refractivity contribution in [2.75, 3.05) is 12.9 Å². The molecule has 0 saturated heterocycles. The molecule has 2 aromatic heterocycles. The van der Waals surface area contributed by atoms with E-state index in [1.807, 2.05) is 18.2 Å². The Morgan fingerprint density at radius 3 is 2.59 bits per heavy atom. The molecule has 2 aromatic carbocycles. The van der Waals surface area contributed by atoms with Crippen molar-refractivity contribution in [2.24, 2.45) is 0 Å². The van der Waals surface area contributed by atoms with E-state index in [0.29, 0.717) is 27.3 Å². The highest BCUT2D eigenvalue weighted by atomic mass is 35.5. The van der Waals surface area contributed by atoms with E-state index in [2.05, 4.69) is 26.0 Å². The maximum Gasteiger partial charge on any atom is 0.269 e. The van der Waals surface area contributed by atoms with Crippen LogP contribution in [0.2, 0.25) is 5.02 Å². The Morgan fingerprint density at radius 1 is 1.06 bits per heavy atom. The zero-order chi connectivity index (χ0) is 23.9. The highest BCUT2D eigenvalue weighted by molar-refractivity contribution is 7.99. The van der Waals surface area contributed by atoms with Gasteiger partial charge in [0.1, 0.15) is 5.75 Å². The highest BCUT2D eigenvalue weighted by Gasteiger charge is 2.18. The summed E-state index contributed by atoms with van der Waals surface area (Å²) in [6, 6.07) is 17.4. The summed E-state index contributed by atoms with van der Waals surface area (Å²) in [5.74, 6) is 0.337. The molecule has 11 heteroatoms. The molecule has 4 aromatic rings. The van der Waals surface area contributed by atoms with Gasteiger partial charge in [-0.2, -0.15) is 0 Å². The molecule has 0 saturated carbocycles. The second kappa shape index (κ2) is 10.8. The van der Waals surface area contributed by atoms with E-state index in [-0.39, 0.29) is 5.75 Å². The van der Waals surface area contributed by atoms with Crippen LogP contribution in [-0.2, 0) is 4.79 Å². The van der Waals surface area contributed by atoms with Gasteiger partial charge in [0.15, 0.2) is 11.0 Å². The molecule has 0 fully saturated rings. The summed E-state index contributed by atoms with van der Waals surface area (Å²) in [5.41, 5.74) is 6.69. The van der Waals surface area contributed by atoms with Gasteiger partial charge in [0, 0.05) is 28.5 Å². The van der Waals surface area contributed by atoms with Crippen molar-refractivity contribution in [2.45, 2.75) is 5.16 Å². The Hall–Kier alpha value is -3.89. The SMILES string of the molecule is COc1ccc(C(=O)NNC(=O)CSc2nnc(-c3cccnc3)n2-c2cccc(Cl)c2)cc1. The van der Waals surface area contributed by atoms with Crippen molar-refractivity contribution in [3.05, 3.63) is 83.6 Å². The number of hydrogen-bond acceptors (Lipinski definition) is 7. The lowest BCUT2D eigenvalue weighted by molar-refractivity contribution is -0.119. The average Bonchev–Trinajstić information content (AvgIpc) is 3.30. The summed E-state index contributed by atoms with van der Waals surface area (Å²) >= 11 is 7.36. The lowest BCUT2D eigenvalue weighted by Gasteiger charge is -2.11. The number of carbonyl (C=O) groups is 2. The van der Waals surface area contributed by atoms with Crippen LogP contribution in [0.15, 0.2) is 78.2 Å². The number of hydrogen-bond donors (Lipinski definition) is 2. The second-order valence-electron chi connectivity index (χ2n) is 6.88. The number of rotatable bonds is 7. The van der Waals surface area contributed by atoms with E-state index in [9.17, 15) is 9.59 Å². The predicted molar refractivity (Wildman–Crippen MR) is 129 cm³/mol. The summed E-state index contributed by atoms with van der Waals surface area (Å²) < 4.78 is 6.87. The number of amides is 2. The zero-order valence-corrected chi connectivity index (χ0v) is 19.5. The van der Waals surface area contributed by atoms with Crippen molar-refractivity contribution in [1.29, 1.82) is 0 Å². The van der Waals surface area contributed by atoms with Crippen molar-refractivity contribution in [3.8, 4) is 22.8 Å². The summed E-state index contributed by atoms with van der Waals surface area (Å²) in [5, 5.41) is 9.59. The van der Waals surface area contributed by atoms with E-state index in [1.165, 1.54) is 11.8 Å². The van der Waals surface area contributed by atoms with E-state index in [0.717, 1.165) is 11.3 Å². The van der Waals surface area contributed by atoms with Crippen LogP contribution in [0.25, 0.3) is 17.1 Å². The van der Waals surface area contributed by atoms with Gasteiger partial charge in [0.05, 0.1) is 18.6 Å². The van der Waals surface area contributed by atoms with Crippen molar-refractivity contribution in [1.82, 2.24) is 30.6 Å². The molecule has 0 bridgehead atoms. The van der Waals surface area contributed by atoms with Crippen LogP contribution < -0.4 is 15.6 Å². The average molecular weight is 495 g/mol. The normalized spacial score (nSPS) is 10.5. The van der Waals surface area contributed by atoms with Gasteiger partial charge in [-0.25, -0.2) is 0 Å². The minimum Gasteiger partial charge on any atom is -0.497 e. The Morgan fingerprint density at radius 2 is 1.88 bits per heavy atom. The monoisotopic (exact) mass is 494 g/mol. The summed E-state index contributed by atoms with van der Waals surface area (Å²) in [6.45, 7) is 0. The molecule has 2 heterocycles. The first-order valence-corrected chi connectivity index (χ1v) is 11.4. The first-order valence-electron chi connectivity index (χ1n) is 10.0. The zero-order valence-electron chi connectivity index (χ0n) is 17.9. The van der Waals surface area contributed by atoms with Crippen LogP contribution in [0.5, 0.6) is 5.75 Å². The summed E-state index contributed by atoms with van der Waals surface area (Å²) in [7, 11) is 1.54. The van der Waals surface area contributed by atoms with Gasteiger partial charge in [-0.3, -0.25) is 30.0 Å². The van der Waals surface area contributed by atoms with Crippen LogP contribution in [0.3, 0.4) is 0 Å². The van der Waals surface area contributed by atoms with Gasteiger partial charge < -0.3 is 4.74 Å². The molecule has 0 aliphatic heterocycles. The molecule has 4 rings (SSSR count). The topological polar surface area (TPSA) is 111 Å². The predicted octanol–water partition coefficient (Wildman–Crippen LogP) is 3.54. The van der Waals surface area contributed by atoms with Crippen molar-refractivity contribution >= 4 is 35.2 Å². The molecule has 2 N–H and O–H groups in total. The Labute approximate surface area is 204 Å². The fourth-order valence-corrected chi connectivity index (χ4v) is 3.94. The number of halogens is 1.